The van der Waals surface area contributed by atoms with Gasteiger partial charge in [-0.2, -0.15) is 10.2 Å². The third-order valence-electron chi connectivity index (χ3n) is 6.01. The zero-order chi connectivity index (χ0) is 21.5. The molecule has 4 rings (SSSR count). The molecule has 1 aliphatic heterocycles. The topological polar surface area (TPSA) is 87.0 Å². The molecule has 7 heteroatoms. The van der Waals surface area contributed by atoms with Gasteiger partial charge in [0.05, 0.1) is 17.9 Å². The van der Waals surface area contributed by atoms with Gasteiger partial charge >= 0.3 is 0 Å². The third kappa shape index (κ3) is 3.54. The highest BCUT2D eigenvalue weighted by molar-refractivity contribution is 5.93. The number of carbonyl (C=O) groups excluding carboxylic acids is 1. The molecule has 3 aromatic rings. The standard InChI is InChI=1S/C23H29N5O2/c1-5-11-28-17(4)21(16(3)26-28)19-13-20(25-24-19)22(29)27-12-10-23(30,14-27)18-8-6-15(2)7-9-18/h6-9,13,30H,5,10-12,14H2,1-4H3,(H,24,25). The number of β-amino-alcohol motifs (C(OH)–C–C–N with tert-alkyl or cyclic N) is 1. The van der Waals surface area contributed by atoms with E-state index in [1.165, 1.54) is 0 Å². The first kappa shape index (κ1) is 20.3. The average molecular weight is 408 g/mol. The fourth-order valence-electron chi connectivity index (χ4n) is 4.29. The Kier molecular flexibility index (Phi) is 5.24. The van der Waals surface area contributed by atoms with Crippen molar-refractivity contribution in [1.29, 1.82) is 0 Å². The van der Waals surface area contributed by atoms with Crippen LogP contribution < -0.4 is 0 Å². The lowest BCUT2D eigenvalue weighted by atomic mass is 9.92. The van der Waals surface area contributed by atoms with E-state index in [0.29, 0.717) is 18.7 Å². The van der Waals surface area contributed by atoms with Gasteiger partial charge < -0.3 is 10.0 Å². The Morgan fingerprint density at radius 3 is 2.67 bits per heavy atom. The highest BCUT2D eigenvalue weighted by Crippen LogP contribution is 2.33. The average Bonchev–Trinajstić information content (AvgIpc) is 3.41. The number of hydrogen-bond donors (Lipinski definition) is 2. The van der Waals surface area contributed by atoms with E-state index in [1.54, 1.807) is 11.0 Å². The molecule has 158 valence electrons. The number of aryl methyl sites for hydroxylation is 3. The van der Waals surface area contributed by atoms with Crippen molar-refractivity contribution >= 4 is 5.91 Å². The number of rotatable bonds is 5. The number of nitrogens with one attached hydrogen (secondary N) is 1. The van der Waals surface area contributed by atoms with E-state index < -0.39 is 5.60 Å². The highest BCUT2D eigenvalue weighted by atomic mass is 16.3. The summed E-state index contributed by atoms with van der Waals surface area (Å²) in [4.78, 5) is 14.8. The first-order valence-electron chi connectivity index (χ1n) is 10.5. The molecule has 1 fully saturated rings. The third-order valence-corrected chi connectivity index (χ3v) is 6.01. The molecular weight excluding hydrogens is 378 g/mol. The number of carbonyl (C=O) groups is 1. The molecule has 1 amide bonds. The molecule has 2 aromatic heterocycles. The van der Waals surface area contributed by atoms with Gasteiger partial charge in [0.2, 0.25) is 0 Å². The van der Waals surface area contributed by atoms with Crippen molar-refractivity contribution in [3.63, 3.8) is 0 Å². The van der Waals surface area contributed by atoms with Crippen molar-refractivity contribution in [3.8, 4) is 11.3 Å². The second-order valence-corrected chi connectivity index (χ2v) is 8.31. The minimum atomic E-state index is -1.01. The molecule has 1 aromatic carbocycles. The number of aliphatic hydroxyl groups is 1. The van der Waals surface area contributed by atoms with Gasteiger partial charge in [-0.1, -0.05) is 36.8 Å². The fourth-order valence-corrected chi connectivity index (χ4v) is 4.29. The summed E-state index contributed by atoms with van der Waals surface area (Å²) in [5.41, 5.74) is 5.06. The maximum Gasteiger partial charge on any atom is 0.271 e. The van der Waals surface area contributed by atoms with Crippen molar-refractivity contribution in [1.82, 2.24) is 24.9 Å². The summed E-state index contributed by atoms with van der Waals surface area (Å²) >= 11 is 0. The summed E-state index contributed by atoms with van der Waals surface area (Å²) in [5.74, 6) is -0.145. The molecule has 0 aliphatic carbocycles. The first-order chi connectivity index (χ1) is 14.3. The monoisotopic (exact) mass is 407 g/mol. The van der Waals surface area contributed by atoms with E-state index in [9.17, 15) is 9.90 Å². The van der Waals surface area contributed by atoms with Gasteiger partial charge in [0.25, 0.3) is 5.91 Å². The van der Waals surface area contributed by atoms with Crippen LogP contribution in [0.4, 0.5) is 0 Å². The maximum absolute atomic E-state index is 13.1. The Morgan fingerprint density at radius 2 is 1.97 bits per heavy atom. The molecule has 1 atom stereocenters. The molecular formula is C23H29N5O2. The zero-order valence-corrected chi connectivity index (χ0v) is 18.1. The number of hydrogen-bond acceptors (Lipinski definition) is 4. The van der Waals surface area contributed by atoms with Gasteiger partial charge in [-0.3, -0.25) is 14.6 Å². The van der Waals surface area contributed by atoms with Gasteiger partial charge in [-0.05, 0) is 45.2 Å². The van der Waals surface area contributed by atoms with E-state index in [-0.39, 0.29) is 12.5 Å². The SMILES string of the molecule is CCCn1nc(C)c(-c2cc(C(=O)N3CCC(O)(c4ccc(C)cc4)C3)[nH]n2)c1C. The number of nitrogens with zero attached hydrogens (tertiary/aromatic N) is 4. The van der Waals surface area contributed by atoms with Crippen LogP contribution in [0.3, 0.4) is 0 Å². The maximum atomic E-state index is 13.1. The molecule has 1 saturated heterocycles. The van der Waals surface area contributed by atoms with Gasteiger partial charge in [0.15, 0.2) is 0 Å². The van der Waals surface area contributed by atoms with E-state index in [1.807, 2.05) is 49.7 Å². The number of aromatic amines is 1. The molecule has 0 saturated carbocycles. The number of benzene rings is 1. The van der Waals surface area contributed by atoms with Gasteiger partial charge in [0, 0.05) is 24.3 Å². The van der Waals surface area contributed by atoms with Crippen molar-refractivity contribution in [2.24, 2.45) is 0 Å². The molecule has 0 spiro atoms. The minimum Gasteiger partial charge on any atom is -0.383 e. The highest BCUT2D eigenvalue weighted by Gasteiger charge is 2.40. The first-order valence-corrected chi connectivity index (χ1v) is 10.5. The van der Waals surface area contributed by atoms with Crippen molar-refractivity contribution in [3.05, 3.63) is 58.5 Å². The summed E-state index contributed by atoms with van der Waals surface area (Å²) in [6.07, 6.45) is 1.52. The van der Waals surface area contributed by atoms with Crippen LogP contribution in [0.1, 0.15) is 52.8 Å². The van der Waals surface area contributed by atoms with Crippen LogP contribution in [-0.2, 0) is 12.1 Å². The van der Waals surface area contributed by atoms with Gasteiger partial charge in [0.1, 0.15) is 11.3 Å². The van der Waals surface area contributed by atoms with Crippen molar-refractivity contribution in [2.45, 2.75) is 52.7 Å². The number of H-pyrrole nitrogens is 1. The second kappa shape index (κ2) is 7.72. The van der Waals surface area contributed by atoms with Crippen LogP contribution in [0, 0.1) is 20.8 Å². The Labute approximate surface area is 176 Å². The number of aromatic nitrogens is 4. The fraction of sp³-hybridized carbons (Fsp3) is 0.435. The van der Waals surface area contributed by atoms with E-state index in [4.69, 9.17) is 0 Å². The number of amides is 1. The molecule has 30 heavy (non-hydrogen) atoms. The molecule has 7 nitrogen and oxygen atoms in total. The minimum absolute atomic E-state index is 0.145. The lowest BCUT2D eigenvalue weighted by Gasteiger charge is -2.24. The van der Waals surface area contributed by atoms with Gasteiger partial charge in [-0.25, -0.2) is 0 Å². The second-order valence-electron chi connectivity index (χ2n) is 8.31. The predicted octanol–water partition coefficient (Wildman–Crippen LogP) is 3.34. The van der Waals surface area contributed by atoms with Crippen LogP contribution in [0.25, 0.3) is 11.3 Å². The normalized spacial score (nSPS) is 18.9. The van der Waals surface area contributed by atoms with Crippen molar-refractivity contribution < 1.29 is 9.90 Å². The lowest BCUT2D eigenvalue weighted by molar-refractivity contribution is 0.0415. The Balaban J connectivity index is 1.53. The van der Waals surface area contributed by atoms with Gasteiger partial charge in [-0.15, -0.1) is 0 Å². The summed E-state index contributed by atoms with van der Waals surface area (Å²) in [6.45, 7) is 9.77. The van der Waals surface area contributed by atoms with E-state index >= 15 is 0 Å². The summed E-state index contributed by atoms with van der Waals surface area (Å²) < 4.78 is 1.99. The molecule has 0 bridgehead atoms. The Hall–Kier alpha value is -2.93. The lowest BCUT2D eigenvalue weighted by Crippen LogP contribution is -2.34. The van der Waals surface area contributed by atoms with Crippen LogP contribution in [0.2, 0.25) is 0 Å². The number of likely N-dealkylation sites (tertiary alicyclic amines) is 1. The molecule has 1 unspecified atom stereocenters. The zero-order valence-electron chi connectivity index (χ0n) is 18.1. The van der Waals surface area contributed by atoms with Crippen molar-refractivity contribution in [2.75, 3.05) is 13.1 Å². The smallest absolute Gasteiger partial charge is 0.271 e. The van der Waals surface area contributed by atoms with Crippen LogP contribution in [-0.4, -0.2) is 49.0 Å². The summed E-state index contributed by atoms with van der Waals surface area (Å²) in [7, 11) is 0. The molecule has 0 radical (unpaired) electrons. The van der Waals surface area contributed by atoms with Crippen LogP contribution >= 0.6 is 0 Å². The van der Waals surface area contributed by atoms with Crippen LogP contribution in [0.15, 0.2) is 30.3 Å². The Bertz CT molecular complexity index is 1070. The summed E-state index contributed by atoms with van der Waals surface area (Å²) in [6, 6.07) is 9.65. The Morgan fingerprint density at radius 1 is 1.23 bits per heavy atom. The molecule has 1 aliphatic rings. The summed E-state index contributed by atoms with van der Waals surface area (Å²) in [5, 5.41) is 23.0. The van der Waals surface area contributed by atoms with Crippen LogP contribution in [0.5, 0.6) is 0 Å². The van der Waals surface area contributed by atoms with E-state index in [2.05, 4.69) is 22.2 Å². The molecule has 3 heterocycles. The predicted molar refractivity (Wildman–Crippen MR) is 115 cm³/mol. The van der Waals surface area contributed by atoms with E-state index in [0.717, 1.165) is 46.7 Å². The molecule has 2 N–H and O–H groups in total. The largest absolute Gasteiger partial charge is 0.383 e. The quantitative estimate of drug-likeness (QED) is 0.679.